The first-order valence-corrected chi connectivity index (χ1v) is 11.9. The summed E-state index contributed by atoms with van der Waals surface area (Å²) >= 11 is 0. The minimum absolute atomic E-state index is 0.0133. The van der Waals surface area contributed by atoms with Gasteiger partial charge >= 0.3 is 0 Å². The summed E-state index contributed by atoms with van der Waals surface area (Å²) in [7, 11) is 0. The summed E-state index contributed by atoms with van der Waals surface area (Å²) in [5.41, 5.74) is 1.75. The average molecular weight is 464 g/mol. The van der Waals surface area contributed by atoms with Crippen molar-refractivity contribution < 1.29 is 23.9 Å². The molecule has 0 N–H and O–H groups in total. The van der Waals surface area contributed by atoms with Crippen LogP contribution in [-0.4, -0.2) is 79.9 Å². The summed E-state index contributed by atoms with van der Waals surface area (Å²) < 4.78 is 11.5. The van der Waals surface area contributed by atoms with Gasteiger partial charge in [0.2, 0.25) is 12.0 Å². The third-order valence-electron chi connectivity index (χ3n) is 6.93. The molecule has 8 heteroatoms. The van der Waals surface area contributed by atoms with Crippen LogP contribution in [0.15, 0.2) is 48.5 Å². The fourth-order valence-electron chi connectivity index (χ4n) is 4.90. The summed E-state index contributed by atoms with van der Waals surface area (Å²) in [6, 6.07) is 14.9. The van der Waals surface area contributed by atoms with Gasteiger partial charge in [-0.25, -0.2) is 0 Å². The predicted molar refractivity (Wildman–Crippen MR) is 126 cm³/mol. The fraction of sp³-hybridized carbons (Fsp3) is 0.423. The van der Waals surface area contributed by atoms with Crippen molar-refractivity contribution in [1.29, 1.82) is 0 Å². The Morgan fingerprint density at radius 3 is 2.06 bits per heavy atom. The van der Waals surface area contributed by atoms with E-state index in [-0.39, 0.29) is 24.3 Å². The van der Waals surface area contributed by atoms with Gasteiger partial charge in [0, 0.05) is 56.4 Å². The van der Waals surface area contributed by atoms with Crippen LogP contribution in [0.4, 0.5) is 5.69 Å². The van der Waals surface area contributed by atoms with Crippen LogP contribution in [0.2, 0.25) is 0 Å². The molecule has 1 atom stereocenters. The molecule has 2 aromatic carbocycles. The first kappa shape index (κ1) is 22.3. The largest absolute Gasteiger partial charge is 0.485 e. The molecular weight excluding hydrogens is 434 g/mol. The average Bonchev–Trinajstić information content (AvgIpc) is 2.92. The van der Waals surface area contributed by atoms with E-state index in [2.05, 4.69) is 4.90 Å². The number of carbonyl (C=O) groups excluding carboxylic acids is 3. The Labute approximate surface area is 199 Å². The molecule has 2 saturated heterocycles. The van der Waals surface area contributed by atoms with Gasteiger partial charge in [-0.2, -0.15) is 0 Å². The summed E-state index contributed by atoms with van der Waals surface area (Å²) in [6.07, 6.45) is 1.80. The summed E-state index contributed by atoms with van der Waals surface area (Å²) in [4.78, 5) is 42.9. The van der Waals surface area contributed by atoms with Gasteiger partial charge in [-0.05, 0) is 49.2 Å². The molecule has 2 aromatic rings. The second-order valence-electron chi connectivity index (χ2n) is 8.99. The van der Waals surface area contributed by atoms with E-state index in [0.29, 0.717) is 43.2 Å². The van der Waals surface area contributed by atoms with E-state index < -0.39 is 6.10 Å². The number of aldehydes is 1. The first-order valence-electron chi connectivity index (χ1n) is 11.9. The molecule has 0 bridgehead atoms. The number of amides is 2. The number of anilines is 1. The second-order valence-corrected chi connectivity index (χ2v) is 8.99. The molecule has 0 aromatic heterocycles. The second kappa shape index (κ2) is 9.75. The van der Waals surface area contributed by atoms with Crippen molar-refractivity contribution in [2.45, 2.75) is 18.9 Å². The first-order chi connectivity index (χ1) is 16.6. The molecule has 0 spiro atoms. The van der Waals surface area contributed by atoms with E-state index >= 15 is 0 Å². The molecule has 3 heterocycles. The van der Waals surface area contributed by atoms with E-state index in [1.165, 1.54) is 0 Å². The lowest BCUT2D eigenvalue weighted by molar-refractivity contribution is -0.147. The standard InChI is InChI=1S/C26H29N3O5/c30-17-19-5-7-21(8-6-19)27-11-9-20(10-12-27)25(31)28-13-15-29(16-14-28)26(32)24-18-33-22-3-1-2-4-23(22)34-24/h1-8,17,20,24H,9-16,18H2/t24-/m0/s1. The third kappa shape index (κ3) is 4.58. The number of hydrogen-bond donors (Lipinski definition) is 0. The zero-order valence-corrected chi connectivity index (χ0v) is 19.1. The van der Waals surface area contributed by atoms with Crippen LogP contribution in [0.1, 0.15) is 23.2 Å². The number of fused-ring (bicyclic) bond motifs is 1. The summed E-state index contributed by atoms with van der Waals surface area (Å²) in [5.74, 6) is 1.36. The zero-order valence-electron chi connectivity index (χ0n) is 19.1. The number of ether oxygens (including phenoxy) is 2. The molecule has 2 fully saturated rings. The lowest BCUT2D eigenvalue weighted by Gasteiger charge is -2.40. The van der Waals surface area contributed by atoms with Crippen molar-refractivity contribution in [3.63, 3.8) is 0 Å². The number of piperidine rings is 1. The van der Waals surface area contributed by atoms with Gasteiger partial charge in [-0.1, -0.05) is 12.1 Å². The van der Waals surface area contributed by atoms with Crippen LogP contribution < -0.4 is 14.4 Å². The highest BCUT2D eigenvalue weighted by molar-refractivity contribution is 5.83. The Morgan fingerprint density at radius 1 is 0.794 bits per heavy atom. The Balaban J connectivity index is 1.09. The maximum absolute atomic E-state index is 13.1. The molecule has 3 aliphatic rings. The van der Waals surface area contributed by atoms with E-state index in [9.17, 15) is 14.4 Å². The minimum atomic E-state index is -0.651. The number of nitrogens with zero attached hydrogens (tertiary/aromatic N) is 3. The highest BCUT2D eigenvalue weighted by atomic mass is 16.6. The molecular formula is C26H29N3O5. The van der Waals surface area contributed by atoms with E-state index in [1.807, 2.05) is 47.4 Å². The highest BCUT2D eigenvalue weighted by Gasteiger charge is 2.35. The third-order valence-corrected chi connectivity index (χ3v) is 6.93. The maximum Gasteiger partial charge on any atom is 0.267 e. The fourth-order valence-corrected chi connectivity index (χ4v) is 4.90. The molecule has 8 nitrogen and oxygen atoms in total. The van der Waals surface area contributed by atoms with Gasteiger partial charge in [0.25, 0.3) is 5.91 Å². The van der Waals surface area contributed by atoms with Crippen LogP contribution in [0, 0.1) is 5.92 Å². The van der Waals surface area contributed by atoms with Crippen LogP contribution in [-0.2, 0) is 9.59 Å². The molecule has 2 amide bonds. The lowest BCUT2D eigenvalue weighted by Crippen LogP contribution is -2.56. The quantitative estimate of drug-likeness (QED) is 0.647. The summed E-state index contributed by atoms with van der Waals surface area (Å²) in [6.45, 7) is 3.93. The smallest absolute Gasteiger partial charge is 0.267 e. The predicted octanol–water partition coefficient (Wildman–Crippen LogP) is 2.23. The van der Waals surface area contributed by atoms with Crippen LogP contribution in [0.3, 0.4) is 0 Å². The van der Waals surface area contributed by atoms with Crippen molar-refractivity contribution in [1.82, 2.24) is 9.80 Å². The zero-order chi connectivity index (χ0) is 23.5. The molecule has 0 saturated carbocycles. The Kier molecular flexibility index (Phi) is 6.38. The molecule has 0 aliphatic carbocycles. The van der Waals surface area contributed by atoms with Crippen LogP contribution >= 0.6 is 0 Å². The van der Waals surface area contributed by atoms with E-state index in [4.69, 9.17) is 9.47 Å². The van der Waals surface area contributed by atoms with Gasteiger partial charge in [-0.3, -0.25) is 14.4 Å². The molecule has 0 radical (unpaired) electrons. The molecule has 3 aliphatic heterocycles. The SMILES string of the molecule is O=Cc1ccc(N2CCC(C(=O)N3CCN(C(=O)[C@@H]4COc5ccccc5O4)CC3)CC2)cc1. The minimum Gasteiger partial charge on any atom is -0.485 e. The Hall–Kier alpha value is -3.55. The van der Waals surface area contributed by atoms with Gasteiger partial charge < -0.3 is 24.2 Å². The van der Waals surface area contributed by atoms with Gasteiger partial charge in [-0.15, -0.1) is 0 Å². The number of rotatable bonds is 4. The van der Waals surface area contributed by atoms with Crippen LogP contribution in [0.5, 0.6) is 11.5 Å². The van der Waals surface area contributed by atoms with Gasteiger partial charge in [0.05, 0.1) is 0 Å². The molecule has 5 rings (SSSR count). The number of hydrogen-bond acceptors (Lipinski definition) is 6. The molecule has 34 heavy (non-hydrogen) atoms. The van der Waals surface area contributed by atoms with Crippen molar-refractivity contribution in [3.05, 3.63) is 54.1 Å². The van der Waals surface area contributed by atoms with Crippen molar-refractivity contribution in [2.75, 3.05) is 50.8 Å². The normalized spacial score (nSPS) is 20.7. The number of piperazine rings is 1. The number of para-hydroxylation sites is 2. The molecule has 0 unspecified atom stereocenters. The van der Waals surface area contributed by atoms with Crippen molar-refractivity contribution in [2.24, 2.45) is 5.92 Å². The topological polar surface area (TPSA) is 79.4 Å². The van der Waals surface area contributed by atoms with E-state index in [0.717, 1.165) is 37.9 Å². The van der Waals surface area contributed by atoms with Gasteiger partial charge in [0.15, 0.2) is 11.5 Å². The molecule has 178 valence electrons. The monoisotopic (exact) mass is 463 g/mol. The Morgan fingerprint density at radius 2 is 1.41 bits per heavy atom. The van der Waals surface area contributed by atoms with Gasteiger partial charge in [0.1, 0.15) is 12.9 Å². The highest BCUT2D eigenvalue weighted by Crippen LogP contribution is 2.31. The Bertz CT molecular complexity index is 1040. The van der Waals surface area contributed by atoms with Crippen LogP contribution in [0.25, 0.3) is 0 Å². The number of carbonyl (C=O) groups is 3. The lowest BCUT2D eigenvalue weighted by atomic mass is 9.94. The van der Waals surface area contributed by atoms with E-state index in [1.54, 1.807) is 11.0 Å². The van der Waals surface area contributed by atoms with Crippen molar-refractivity contribution >= 4 is 23.8 Å². The maximum atomic E-state index is 13.1. The van der Waals surface area contributed by atoms with Crippen molar-refractivity contribution in [3.8, 4) is 11.5 Å². The summed E-state index contributed by atoms with van der Waals surface area (Å²) in [5, 5.41) is 0. The number of benzene rings is 2.